The van der Waals surface area contributed by atoms with Gasteiger partial charge in [0.1, 0.15) is 5.82 Å². The number of H-pyrrole nitrogens is 1. The molecule has 0 bridgehead atoms. The standard InChI is InChI=1S/C14H11FN4O/c1-19(11-6-17-18-7-11)14(20)12-5-10(15)4-9-2-3-16-8-13(9)12/h2-8H,1H3,(H,17,18). The Hall–Kier alpha value is -2.76. The maximum Gasteiger partial charge on any atom is 0.258 e. The third-order valence-corrected chi connectivity index (χ3v) is 3.13. The normalized spacial score (nSPS) is 10.7. The topological polar surface area (TPSA) is 61.9 Å². The number of aromatic amines is 1. The Morgan fingerprint density at radius 2 is 2.20 bits per heavy atom. The Kier molecular flexibility index (Phi) is 2.90. The molecule has 3 aromatic rings. The van der Waals surface area contributed by atoms with Crippen molar-refractivity contribution in [2.24, 2.45) is 0 Å². The summed E-state index contributed by atoms with van der Waals surface area (Å²) in [6, 6.07) is 4.28. The summed E-state index contributed by atoms with van der Waals surface area (Å²) >= 11 is 0. The highest BCUT2D eigenvalue weighted by molar-refractivity contribution is 6.13. The lowest BCUT2D eigenvalue weighted by atomic mass is 10.1. The summed E-state index contributed by atoms with van der Waals surface area (Å²) in [6.45, 7) is 0. The number of nitrogens with zero attached hydrogens (tertiary/aromatic N) is 3. The molecule has 1 N–H and O–H groups in total. The van der Waals surface area contributed by atoms with Crippen LogP contribution < -0.4 is 4.90 Å². The van der Waals surface area contributed by atoms with Crippen molar-refractivity contribution in [2.45, 2.75) is 0 Å². The second-order valence-corrected chi connectivity index (χ2v) is 4.37. The molecule has 0 spiro atoms. The smallest absolute Gasteiger partial charge is 0.258 e. The van der Waals surface area contributed by atoms with Gasteiger partial charge in [0.15, 0.2) is 0 Å². The number of amides is 1. The number of hydrogen-bond donors (Lipinski definition) is 1. The fourth-order valence-electron chi connectivity index (χ4n) is 2.06. The summed E-state index contributed by atoms with van der Waals surface area (Å²) in [4.78, 5) is 17.9. The molecule has 0 radical (unpaired) electrons. The minimum absolute atomic E-state index is 0.275. The molecule has 3 rings (SSSR count). The zero-order chi connectivity index (χ0) is 14.1. The predicted octanol–water partition coefficient (Wildman–Crippen LogP) is 2.37. The number of carbonyl (C=O) groups is 1. The number of hydrogen-bond acceptors (Lipinski definition) is 3. The lowest BCUT2D eigenvalue weighted by Gasteiger charge is -2.16. The van der Waals surface area contributed by atoms with Crippen molar-refractivity contribution in [1.29, 1.82) is 0 Å². The number of halogens is 1. The van der Waals surface area contributed by atoms with Gasteiger partial charge in [0.05, 0.1) is 17.4 Å². The van der Waals surface area contributed by atoms with Crippen molar-refractivity contribution in [3.8, 4) is 0 Å². The van der Waals surface area contributed by atoms with Crippen LogP contribution in [0, 0.1) is 5.82 Å². The maximum absolute atomic E-state index is 13.7. The summed E-state index contributed by atoms with van der Waals surface area (Å²) in [5.41, 5.74) is 0.883. The van der Waals surface area contributed by atoms with E-state index in [1.807, 2.05) is 0 Å². The van der Waals surface area contributed by atoms with E-state index in [0.717, 1.165) is 0 Å². The zero-order valence-corrected chi connectivity index (χ0v) is 10.7. The van der Waals surface area contributed by atoms with Crippen LogP contribution >= 0.6 is 0 Å². The number of aromatic nitrogens is 3. The molecule has 1 amide bonds. The molecule has 2 heterocycles. The van der Waals surface area contributed by atoms with Gasteiger partial charge in [0.2, 0.25) is 0 Å². The minimum Gasteiger partial charge on any atom is -0.308 e. The average Bonchev–Trinajstić information content (AvgIpc) is 2.99. The number of fused-ring (bicyclic) bond motifs is 1. The van der Waals surface area contributed by atoms with E-state index in [-0.39, 0.29) is 11.5 Å². The first-order chi connectivity index (χ1) is 9.66. The molecule has 2 aromatic heterocycles. The molecule has 0 atom stereocenters. The van der Waals surface area contributed by atoms with E-state index in [4.69, 9.17) is 0 Å². The van der Waals surface area contributed by atoms with E-state index in [0.29, 0.717) is 16.5 Å². The Morgan fingerprint density at radius 1 is 1.35 bits per heavy atom. The fourth-order valence-corrected chi connectivity index (χ4v) is 2.06. The van der Waals surface area contributed by atoms with Gasteiger partial charge < -0.3 is 4.90 Å². The average molecular weight is 270 g/mol. The van der Waals surface area contributed by atoms with Gasteiger partial charge >= 0.3 is 0 Å². The second kappa shape index (κ2) is 4.73. The van der Waals surface area contributed by atoms with Crippen molar-refractivity contribution >= 4 is 22.4 Å². The van der Waals surface area contributed by atoms with E-state index >= 15 is 0 Å². The van der Waals surface area contributed by atoms with Crippen LogP contribution in [-0.2, 0) is 0 Å². The Morgan fingerprint density at radius 3 is 2.95 bits per heavy atom. The number of rotatable bonds is 2. The molecule has 20 heavy (non-hydrogen) atoms. The number of carbonyl (C=O) groups excluding carboxylic acids is 1. The first-order valence-corrected chi connectivity index (χ1v) is 5.97. The number of pyridine rings is 1. The molecular weight excluding hydrogens is 259 g/mol. The lowest BCUT2D eigenvalue weighted by Crippen LogP contribution is -2.26. The van der Waals surface area contributed by atoms with Crippen LogP contribution in [0.3, 0.4) is 0 Å². The van der Waals surface area contributed by atoms with Gasteiger partial charge in [-0.05, 0) is 23.6 Å². The predicted molar refractivity (Wildman–Crippen MR) is 73.0 cm³/mol. The quantitative estimate of drug-likeness (QED) is 0.777. The molecule has 0 unspecified atom stereocenters. The molecule has 1 aromatic carbocycles. The third-order valence-electron chi connectivity index (χ3n) is 3.13. The van der Waals surface area contributed by atoms with E-state index in [1.54, 1.807) is 31.7 Å². The first kappa shape index (κ1) is 12.3. The summed E-state index contributed by atoms with van der Waals surface area (Å²) in [5.74, 6) is -0.767. The second-order valence-electron chi connectivity index (χ2n) is 4.37. The van der Waals surface area contributed by atoms with E-state index in [9.17, 15) is 9.18 Å². The molecule has 100 valence electrons. The Labute approximate surface area is 114 Å². The van der Waals surface area contributed by atoms with Gasteiger partial charge in [-0.15, -0.1) is 0 Å². The molecular formula is C14H11FN4O. The van der Waals surface area contributed by atoms with Gasteiger partial charge in [-0.2, -0.15) is 5.10 Å². The molecule has 6 heteroatoms. The third kappa shape index (κ3) is 2.01. The number of benzene rings is 1. The largest absolute Gasteiger partial charge is 0.308 e. The molecule has 5 nitrogen and oxygen atoms in total. The van der Waals surface area contributed by atoms with Gasteiger partial charge in [-0.1, -0.05) is 0 Å². The van der Waals surface area contributed by atoms with Crippen LogP contribution in [0.1, 0.15) is 10.4 Å². The number of anilines is 1. The van der Waals surface area contributed by atoms with Gasteiger partial charge in [0, 0.05) is 31.0 Å². The van der Waals surface area contributed by atoms with Gasteiger partial charge in [-0.25, -0.2) is 4.39 Å². The molecule has 0 fully saturated rings. The maximum atomic E-state index is 13.7. The summed E-state index contributed by atoms with van der Waals surface area (Å²) < 4.78 is 13.7. The van der Waals surface area contributed by atoms with Crippen LogP contribution in [0.25, 0.3) is 10.8 Å². The summed E-state index contributed by atoms with van der Waals surface area (Å²) in [6.07, 6.45) is 6.25. The van der Waals surface area contributed by atoms with Crippen LogP contribution in [-0.4, -0.2) is 28.1 Å². The van der Waals surface area contributed by atoms with Gasteiger partial charge in [0.25, 0.3) is 5.91 Å². The fraction of sp³-hybridized carbons (Fsp3) is 0.0714. The molecule has 0 saturated carbocycles. The summed E-state index contributed by atoms with van der Waals surface area (Å²) in [5, 5.41) is 7.69. The van der Waals surface area contributed by atoms with Crippen LogP contribution in [0.5, 0.6) is 0 Å². The Bertz CT molecular complexity index is 770. The van der Waals surface area contributed by atoms with Crippen molar-refractivity contribution in [1.82, 2.24) is 15.2 Å². The van der Waals surface area contributed by atoms with Crippen molar-refractivity contribution in [3.05, 3.63) is 54.4 Å². The molecule has 0 aliphatic carbocycles. The van der Waals surface area contributed by atoms with Crippen molar-refractivity contribution in [2.75, 3.05) is 11.9 Å². The molecule has 0 saturated heterocycles. The SMILES string of the molecule is CN(C(=O)c1cc(F)cc2ccncc12)c1cn[nH]c1. The van der Waals surface area contributed by atoms with Crippen LogP contribution in [0.2, 0.25) is 0 Å². The highest BCUT2D eigenvalue weighted by Gasteiger charge is 2.18. The van der Waals surface area contributed by atoms with Crippen molar-refractivity contribution < 1.29 is 9.18 Å². The molecule has 0 aliphatic heterocycles. The Balaban J connectivity index is 2.12. The van der Waals surface area contributed by atoms with Crippen LogP contribution in [0.4, 0.5) is 10.1 Å². The van der Waals surface area contributed by atoms with E-state index in [2.05, 4.69) is 15.2 Å². The number of nitrogens with one attached hydrogen (secondary N) is 1. The van der Waals surface area contributed by atoms with Gasteiger partial charge in [-0.3, -0.25) is 14.9 Å². The minimum atomic E-state index is -0.451. The van der Waals surface area contributed by atoms with E-state index in [1.165, 1.54) is 23.2 Å². The van der Waals surface area contributed by atoms with Crippen molar-refractivity contribution in [3.63, 3.8) is 0 Å². The zero-order valence-electron chi connectivity index (χ0n) is 10.7. The lowest BCUT2D eigenvalue weighted by molar-refractivity contribution is 0.0994. The van der Waals surface area contributed by atoms with Crippen LogP contribution in [0.15, 0.2) is 43.0 Å². The first-order valence-electron chi connectivity index (χ1n) is 5.97. The highest BCUT2D eigenvalue weighted by Crippen LogP contribution is 2.22. The monoisotopic (exact) mass is 270 g/mol. The molecule has 0 aliphatic rings. The van der Waals surface area contributed by atoms with E-state index < -0.39 is 5.82 Å². The summed E-state index contributed by atoms with van der Waals surface area (Å²) in [7, 11) is 1.61. The highest BCUT2D eigenvalue weighted by atomic mass is 19.1.